The maximum absolute atomic E-state index is 6.13. The Balaban J connectivity index is 1.97. The van der Waals surface area contributed by atoms with Gasteiger partial charge < -0.3 is 10.6 Å². The van der Waals surface area contributed by atoms with E-state index < -0.39 is 0 Å². The first-order chi connectivity index (χ1) is 8.15. The van der Waals surface area contributed by atoms with E-state index in [1.807, 2.05) is 6.07 Å². The molecule has 0 radical (unpaired) electrons. The van der Waals surface area contributed by atoms with Gasteiger partial charge in [0, 0.05) is 28.8 Å². The van der Waals surface area contributed by atoms with Crippen LogP contribution in [0.3, 0.4) is 0 Å². The van der Waals surface area contributed by atoms with E-state index in [2.05, 4.69) is 24.0 Å². The number of anilines is 1. The fraction of sp³-hybridized carbons (Fsp3) is 0.571. The molecule has 17 heavy (non-hydrogen) atoms. The Morgan fingerprint density at radius 1 is 1.24 bits per heavy atom. The van der Waals surface area contributed by atoms with Crippen LogP contribution in [0.1, 0.15) is 31.2 Å². The van der Waals surface area contributed by atoms with E-state index in [9.17, 15) is 0 Å². The van der Waals surface area contributed by atoms with E-state index in [1.54, 1.807) is 0 Å². The van der Waals surface area contributed by atoms with E-state index in [0.717, 1.165) is 17.9 Å². The van der Waals surface area contributed by atoms with E-state index >= 15 is 0 Å². The van der Waals surface area contributed by atoms with Crippen molar-refractivity contribution in [2.24, 2.45) is 5.73 Å². The minimum absolute atomic E-state index is 0.392. The molecule has 3 heteroatoms. The van der Waals surface area contributed by atoms with Gasteiger partial charge in [-0.25, -0.2) is 0 Å². The van der Waals surface area contributed by atoms with Crippen LogP contribution in [0, 0.1) is 6.92 Å². The van der Waals surface area contributed by atoms with Gasteiger partial charge in [0.2, 0.25) is 0 Å². The second-order valence-corrected chi connectivity index (χ2v) is 5.89. The number of halogens is 1. The smallest absolute Gasteiger partial charge is 0.0426 e. The number of nitrogens with two attached hydrogens (primary N) is 1. The van der Waals surface area contributed by atoms with Crippen molar-refractivity contribution in [1.82, 2.24) is 0 Å². The summed E-state index contributed by atoms with van der Waals surface area (Å²) in [5.74, 6) is 0. The molecule has 3 rings (SSSR count). The number of hydrogen-bond acceptors (Lipinski definition) is 2. The summed E-state index contributed by atoms with van der Waals surface area (Å²) in [6.45, 7) is 2.17. The fourth-order valence-corrected chi connectivity index (χ4v) is 3.64. The van der Waals surface area contributed by atoms with Gasteiger partial charge in [0.15, 0.2) is 0 Å². The van der Waals surface area contributed by atoms with Crippen molar-refractivity contribution in [3.63, 3.8) is 0 Å². The second kappa shape index (κ2) is 4.18. The lowest BCUT2D eigenvalue weighted by molar-refractivity contribution is 0.414. The lowest BCUT2D eigenvalue weighted by Gasteiger charge is -2.40. The predicted octanol–water partition coefficient (Wildman–Crippen LogP) is 3.11. The Labute approximate surface area is 108 Å². The van der Waals surface area contributed by atoms with Gasteiger partial charge in [0.05, 0.1) is 0 Å². The molecule has 2 aliphatic rings. The van der Waals surface area contributed by atoms with Crippen LogP contribution in [-0.4, -0.2) is 18.1 Å². The molecule has 2 nitrogen and oxygen atoms in total. The van der Waals surface area contributed by atoms with E-state index in [4.69, 9.17) is 17.3 Å². The van der Waals surface area contributed by atoms with Crippen molar-refractivity contribution < 1.29 is 0 Å². The zero-order valence-electron chi connectivity index (χ0n) is 10.2. The van der Waals surface area contributed by atoms with E-state index in [-0.39, 0.29) is 0 Å². The first kappa shape index (κ1) is 11.4. The highest BCUT2D eigenvalue weighted by atomic mass is 35.5. The molecule has 0 amide bonds. The van der Waals surface area contributed by atoms with Crippen LogP contribution in [0.5, 0.6) is 0 Å². The van der Waals surface area contributed by atoms with Gasteiger partial charge in [-0.2, -0.15) is 0 Å². The molecular weight excluding hydrogens is 232 g/mol. The van der Waals surface area contributed by atoms with Crippen molar-refractivity contribution in [3.8, 4) is 0 Å². The number of piperidine rings is 1. The van der Waals surface area contributed by atoms with Crippen LogP contribution in [0.4, 0.5) is 5.69 Å². The van der Waals surface area contributed by atoms with Crippen LogP contribution in [0.2, 0.25) is 5.02 Å². The third-order valence-electron chi connectivity index (χ3n) is 4.22. The fourth-order valence-electron chi connectivity index (χ4n) is 3.47. The summed E-state index contributed by atoms with van der Waals surface area (Å²) in [7, 11) is 0. The zero-order chi connectivity index (χ0) is 12.0. The largest absolute Gasteiger partial charge is 0.365 e. The molecule has 2 heterocycles. The SMILES string of the molecule is Cc1ccc(Cl)cc1N1C2CCC1CC(N)C2. The minimum Gasteiger partial charge on any atom is -0.365 e. The molecule has 0 spiro atoms. The van der Waals surface area contributed by atoms with Crippen molar-refractivity contribution >= 4 is 17.3 Å². The van der Waals surface area contributed by atoms with Crippen LogP contribution in [0.15, 0.2) is 18.2 Å². The van der Waals surface area contributed by atoms with Crippen LogP contribution in [-0.2, 0) is 0 Å². The zero-order valence-corrected chi connectivity index (χ0v) is 11.0. The monoisotopic (exact) mass is 250 g/mol. The molecule has 0 saturated carbocycles. The number of fused-ring (bicyclic) bond motifs is 2. The van der Waals surface area contributed by atoms with Gasteiger partial charge in [-0.15, -0.1) is 0 Å². The maximum atomic E-state index is 6.13. The third kappa shape index (κ3) is 1.94. The molecular formula is C14H19ClN2. The summed E-state index contributed by atoms with van der Waals surface area (Å²) >= 11 is 6.13. The molecule has 2 unspecified atom stereocenters. The molecule has 1 aromatic rings. The topological polar surface area (TPSA) is 29.3 Å². The van der Waals surface area contributed by atoms with Crippen LogP contribution in [0.25, 0.3) is 0 Å². The van der Waals surface area contributed by atoms with E-state index in [1.165, 1.54) is 24.1 Å². The Kier molecular flexibility index (Phi) is 2.80. The predicted molar refractivity (Wildman–Crippen MR) is 72.7 cm³/mol. The van der Waals surface area contributed by atoms with Crippen molar-refractivity contribution in [1.29, 1.82) is 0 Å². The maximum Gasteiger partial charge on any atom is 0.0426 e. The van der Waals surface area contributed by atoms with Gasteiger partial charge in [-0.1, -0.05) is 17.7 Å². The number of aryl methyl sites for hydroxylation is 1. The van der Waals surface area contributed by atoms with Gasteiger partial charge in [-0.05, 0) is 50.3 Å². The molecule has 2 aliphatic heterocycles. The summed E-state index contributed by atoms with van der Waals surface area (Å²) in [6.07, 6.45) is 4.82. The van der Waals surface area contributed by atoms with Crippen molar-refractivity contribution in [2.45, 2.75) is 50.7 Å². The molecule has 0 aromatic heterocycles. The average Bonchev–Trinajstić information content (AvgIpc) is 2.54. The molecule has 2 atom stereocenters. The Morgan fingerprint density at radius 3 is 2.53 bits per heavy atom. The van der Waals surface area contributed by atoms with Gasteiger partial charge in [0.1, 0.15) is 0 Å². The molecule has 2 saturated heterocycles. The number of rotatable bonds is 1. The van der Waals surface area contributed by atoms with Gasteiger partial charge in [0.25, 0.3) is 0 Å². The molecule has 0 aliphatic carbocycles. The van der Waals surface area contributed by atoms with Gasteiger partial charge >= 0.3 is 0 Å². The molecule has 2 bridgehead atoms. The number of hydrogen-bond donors (Lipinski definition) is 1. The first-order valence-electron chi connectivity index (χ1n) is 6.45. The summed E-state index contributed by atoms with van der Waals surface area (Å²) in [5.41, 5.74) is 8.75. The third-order valence-corrected chi connectivity index (χ3v) is 4.45. The highest BCUT2D eigenvalue weighted by Crippen LogP contribution is 2.40. The standard InChI is InChI=1S/C14H19ClN2/c1-9-2-3-10(15)6-14(9)17-12-4-5-13(17)8-11(16)7-12/h2-3,6,11-13H,4-5,7-8,16H2,1H3. The Bertz CT molecular complexity index is 418. The summed E-state index contributed by atoms with van der Waals surface area (Å²) in [6, 6.07) is 7.84. The number of nitrogens with zero attached hydrogens (tertiary/aromatic N) is 1. The minimum atomic E-state index is 0.392. The molecule has 92 valence electrons. The van der Waals surface area contributed by atoms with Crippen LogP contribution >= 0.6 is 11.6 Å². The first-order valence-corrected chi connectivity index (χ1v) is 6.83. The average molecular weight is 251 g/mol. The van der Waals surface area contributed by atoms with Crippen LogP contribution < -0.4 is 10.6 Å². The molecule has 1 aromatic carbocycles. The highest BCUT2D eigenvalue weighted by Gasteiger charge is 2.40. The van der Waals surface area contributed by atoms with Crippen molar-refractivity contribution in [2.75, 3.05) is 4.90 Å². The van der Waals surface area contributed by atoms with E-state index in [0.29, 0.717) is 18.1 Å². The molecule has 2 N–H and O–H groups in total. The highest BCUT2D eigenvalue weighted by molar-refractivity contribution is 6.30. The lowest BCUT2D eigenvalue weighted by Crippen LogP contribution is -2.47. The Hall–Kier alpha value is -0.730. The second-order valence-electron chi connectivity index (χ2n) is 5.45. The normalized spacial score (nSPS) is 31.9. The summed E-state index contributed by atoms with van der Waals surface area (Å²) in [5, 5.41) is 0.833. The summed E-state index contributed by atoms with van der Waals surface area (Å²) < 4.78 is 0. The van der Waals surface area contributed by atoms with Crippen molar-refractivity contribution in [3.05, 3.63) is 28.8 Å². The lowest BCUT2D eigenvalue weighted by atomic mass is 9.96. The summed E-state index contributed by atoms with van der Waals surface area (Å²) in [4.78, 5) is 2.57. The number of benzene rings is 1. The quantitative estimate of drug-likeness (QED) is 0.830. The molecule has 2 fully saturated rings. The van der Waals surface area contributed by atoms with Gasteiger partial charge in [-0.3, -0.25) is 0 Å². The Morgan fingerprint density at radius 2 is 1.88 bits per heavy atom.